The van der Waals surface area contributed by atoms with Gasteiger partial charge in [0.1, 0.15) is 10.9 Å². The van der Waals surface area contributed by atoms with Crippen molar-refractivity contribution in [3.05, 3.63) is 46.3 Å². The molecule has 0 unspecified atom stereocenters. The first-order valence-electron chi connectivity index (χ1n) is 4.15. The summed E-state index contributed by atoms with van der Waals surface area (Å²) in [4.78, 5) is 7.96. The van der Waals surface area contributed by atoms with E-state index in [2.05, 4.69) is 25.9 Å². The quantitative estimate of drug-likeness (QED) is 0.789. The van der Waals surface area contributed by atoms with Crippen molar-refractivity contribution in [2.75, 3.05) is 0 Å². The topological polar surface area (TPSA) is 35.0 Å². The maximum absolute atomic E-state index is 5.65. The summed E-state index contributed by atoms with van der Waals surface area (Å²) in [5.41, 5.74) is 0. The number of ether oxygens (including phenoxy) is 1. The summed E-state index contributed by atoms with van der Waals surface area (Å²) < 4.78 is 6.34. The lowest BCUT2D eigenvalue weighted by Crippen LogP contribution is -1.87. The molecule has 0 atom stereocenters. The molecule has 2 aromatic heterocycles. The second-order valence-electron chi connectivity index (χ2n) is 2.73. The molecule has 2 rings (SSSR count). The molecule has 2 aromatic rings. The predicted molar refractivity (Wildman–Crippen MR) is 61.3 cm³/mol. The smallest absolute Gasteiger partial charge is 0.219 e. The highest BCUT2D eigenvalue weighted by molar-refractivity contribution is 9.10. The van der Waals surface area contributed by atoms with Crippen molar-refractivity contribution in [3.8, 4) is 11.6 Å². The van der Waals surface area contributed by atoms with E-state index >= 15 is 0 Å². The summed E-state index contributed by atoms with van der Waals surface area (Å²) in [6, 6.07) is 7.01. The minimum absolute atomic E-state index is 0.436. The molecule has 0 fully saturated rings. The Morgan fingerprint density at radius 3 is 2.53 bits per heavy atom. The van der Waals surface area contributed by atoms with Crippen molar-refractivity contribution in [3.63, 3.8) is 0 Å². The average molecular weight is 286 g/mol. The van der Waals surface area contributed by atoms with Crippen LogP contribution in [0.1, 0.15) is 0 Å². The summed E-state index contributed by atoms with van der Waals surface area (Å²) >= 11 is 8.94. The lowest BCUT2D eigenvalue weighted by molar-refractivity contribution is 0.460. The van der Waals surface area contributed by atoms with Gasteiger partial charge in [0.15, 0.2) is 0 Å². The molecule has 0 saturated carbocycles. The number of rotatable bonds is 2. The minimum Gasteiger partial charge on any atom is -0.437 e. The van der Waals surface area contributed by atoms with Gasteiger partial charge in [-0.3, -0.25) is 0 Å². The van der Waals surface area contributed by atoms with E-state index in [1.807, 2.05) is 6.07 Å². The van der Waals surface area contributed by atoms with Gasteiger partial charge in [0, 0.05) is 16.7 Å². The van der Waals surface area contributed by atoms with E-state index in [0.29, 0.717) is 16.8 Å². The highest BCUT2D eigenvalue weighted by Crippen LogP contribution is 2.20. The molecule has 0 radical (unpaired) electrons. The number of aromatic nitrogens is 2. The van der Waals surface area contributed by atoms with Crippen molar-refractivity contribution >= 4 is 27.5 Å². The van der Waals surface area contributed by atoms with E-state index in [1.165, 1.54) is 0 Å². The van der Waals surface area contributed by atoms with Crippen LogP contribution in [0.25, 0.3) is 0 Å². The van der Waals surface area contributed by atoms with Gasteiger partial charge in [-0.05, 0) is 34.1 Å². The molecule has 0 aliphatic heterocycles. The second kappa shape index (κ2) is 4.59. The molecule has 0 aliphatic rings. The molecule has 0 bridgehead atoms. The molecule has 0 aliphatic carbocycles. The number of pyridine rings is 2. The van der Waals surface area contributed by atoms with E-state index in [9.17, 15) is 0 Å². The van der Waals surface area contributed by atoms with Crippen LogP contribution in [0.3, 0.4) is 0 Å². The third-order valence-electron chi connectivity index (χ3n) is 1.62. The zero-order valence-corrected chi connectivity index (χ0v) is 9.86. The van der Waals surface area contributed by atoms with Gasteiger partial charge in [-0.25, -0.2) is 9.97 Å². The minimum atomic E-state index is 0.436. The van der Waals surface area contributed by atoms with Crippen LogP contribution in [0.2, 0.25) is 5.15 Å². The van der Waals surface area contributed by atoms with Crippen LogP contribution < -0.4 is 4.74 Å². The van der Waals surface area contributed by atoms with Crippen LogP contribution in [0, 0.1) is 0 Å². The van der Waals surface area contributed by atoms with Gasteiger partial charge in [0.05, 0.1) is 6.20 Å². The van der Waals surface area contributed by atoms with Crippen molar-refractivity contribution in [1.82, 2.24) is 9.97 Å². The zero-order chi connectivity index (χ0) is 10.7. The fourth-order valence-electron chi connectivity index (χ4n) is 0.966. The molecule has 15 heavy (non-hydrogen) atoms. The van der Waals surface area contributed by atoms with Crippen LogP contribution >= 0.6 is 27.5 Å². The Kier molecular flexibility index (Phi) is 3.18. The summed E-state index contributed by atoms with van der Waals surface area (Å²) in [6.45, 7) is 0. The first-order valence-corrected chi connectivity index (χ1v) is 5.32. The first kappa shape index (κ1) is 10.4. The van der Waals surface area contributed by atoms with Gasteiger partial charge < -0.3 is 4.74 Å². The van der Waals surface area contributed by atoms with E-state index in [0.717, 1.165) is 4.47 Å². The molecule has 3 nitrogen and oxygen atoms in total. The molecule has 0 N–H and O–H groups in total. The molecule has 0 saturated heterocycles. The van der Waals surface area contributed by atoms with Gasteiger partial charge >= 0.3 is 0 Å². The summed E-state index contributed by atoms with van der Waals surface area (Å²) in [6.07, 6.45) is 3.21. The van der Waals surface area contributed by atoms with Crippen LogP contribution in [-0.2, 0) is 0 Å². The standard InChI is InChI=1S/C10H6BrClN2O/c11-7-1-4-10(14-5-7)15-8-2-3-9(12)13-6-8/h1-6H. The van der Waals surface area contributed by atoms with Gasteiger partial charge in [0.2, 0.25) is 5.88 Å². The molecule has 2 heterocycles. The van der Waals surface area contributed by atoms with Crippen molar-refractivity contribution < 1.29 is 4.74 Å². The average Bonchev–Trinajstić information content (AvgIpc) is 2.25. The molecule has 0 spiro atoms. The summed E-state index contributed by atoms with van der Waals surface area (Å²) in [5, 5.41) is 0.436. The van der Waals surface area contributed by atoms with Gasteiger partial charge in [0.25, 0.3) is 0 Å². The maximum atomic E-state index is 5.65. The predicted octanol–water partition coefficient (Wildman–Crippen LogP) is 3.68. The Labute approximate surface area is 100 Å². The Morgan fingerprint density at radius 2 is 1.93 bits per heavy atom. The van der Waals surface area contributed by atoms with E-state index < -0.39 is 0 Å². The van der Waals surface area contributed by atoms with Crippen LogP contribution in [0.5, 0.6) is 11.6 Å². The van der Waals surface area contributed by atoms with E-state index in [4.69, 9.17) is 16.3 Å². The summed E-state index contributed by atoms with van der Waals surface area (Å²) in [5.74, 6) is 1.12. The van der Waals surface area contributed by atoms with Gasteiger partial charge in [-0.15, -0.1) is 0 Å². The van der Waals surface area contributed by atoms with Crippen LogP contribution in [0.4, 0.5) is 0 Å². The van der Waals surface area contributed by atoms with Crippen molar-refractivity contribution in [2.24, 2.45) is 0 Å². The van der Waals surface area contributed by atoms with Crippen LogP contribution in [-0.4, -0.2) is 9.97 Å². The molecule has 5 heteroatoms. The molecular weight excluding hydrogens is 279 g/mol. The zero-order valence-electron chi connectivity index (χ0n) is 7.52. The Balaban J connectivity index is 2.15. The SMILES string of the molecule is Clc1ccc(Oc2ccc(Br)cn2)cn1. The normalized spacial score (nSPS) is 10.0. The first-order chi connectivity index (χ1) is 7.24. The highest BCUT2D eigenvalue weighted by Gasteiger charge is 1.98. The largest absolute Gasteiger partial charge is 0.437 e. The fourth-order valence-corrected chi connectivity index (χ4v) is 1.31. The number of hydrogen-bond acceptors (Lipinski definition) is 3. The number of nitrogens with zero attached hydrogens (tertiary/aromatic N) is 2. The number of halogens is 2. The fraction of sp³-hybridized carbons (Fsp3) is 0. The van der Waals surface area contributed by atoms with Crippen molar-refractivity contribution in [1.29, 1.82) is 0 Å². The molecule has 0 amide bonds. The molecular formula is C10H6BrClN2O. The Bertz CT molecular complexity index is 400. The van der Waals surface area contributed by atoms with E-state index in [-0.39, 0.29) is 0 Å². The van der Waals surface area contributed by atoms with Crippen molar-refractivity contribution in [2.45, 2.75) is 0 Å². The maximum Gasteiger partial charge on any atom is 0.219 e. The lowest BCUT2D eigenvalue weighted by Gasteiger charge is -2.03. The molecule has 0 aromatic carbocycles. The van der Waals surface area contributed by atoms with Crippen LogP contribution in [0.15, 0.2) is 41.1 Å². The van der Waals surface area contributed by atoms with Gasteiger partial charge in [-0.2, -0.15) is 0 Å². The van der Waals surface area contributed by atoms with Gasteiger partial charge in [-0.1, -0.05) is 11.6 Å². The lowest BCUT2D eigenvalue weighted by atomic mass is 10.4. The molecule has 76 valence electrons. The highest BCUT2D eigenvalue weighted by atomic mass is 79.9. The third kappa shape index (κ3) is 2.91. The Hall–Kier alpha value is -1.13. The second-order valence-corrected chi connectivity index (χ2v) is 4.04. The van der Waals surface area contributed by atoms with E-state index in [1.54, 1.807) is 30.6 Å². The summed E-state index contributed by atoms with van der Waals surface area (Å²) in [7, 11) is 0. The number of hydrogen-bond donors (Lipinski definition) is 0. The monoisotopic (exact) mass is 284 g/mol. The third-order valence-corrected chi connectivity index (χ3v) is 2.32. The Morgan fingerprint density at radius 1 is 1.07 bits per heavy atom.